The highest BCUT2D eigenvalue weighted by Crippen LogP contribution is 2.20. The largest absolute Gasteiger partial charge is 0.396 e. The number of nitrogens with zero attached hydrogens (tertiary/aromatic N) is 1. The summed E-state index contributed by atoms with van der Waals surface area (Å²) in [5, 5.41) is 15.4. The Kier molecular flexibility index (Phi) is 6.75. The third kappa shape index (κ3) is 5.06. The van der Waals surface area contributed by atoms with Crippen LogP contribution >= 0.6 is 0 Å². The van der Waals surface area contributed by atoms with Gasteiger partial charge in [-0.15, -0.1) is 0 Å². The molecule has 3 N–H and O–H groups in total. The van der Waals surface area contributed by atoms with Gasteiger partial charge in [0.2, 0.25) is 0 Å². The second-order valence-corrected chi connectivity index (χ2v) is 6.00. The fourth-order valence-corrected chi connectivity index (χ4v) is 2.52. The van der Waals surface area contributed by atoms with Gasteiger partial charge in [-0.1, -0.05) is 30.3 Å². The zero-order chi connectivity index (χ0) is 17.4. The van der Waals surface area contributed by atoms with Gasteiger partial charge < -0.3 is 15.7 Å². The Balaban J connectivity index is 2.19. The van der Waals surface area contributed by atoms with Crippen molar-refractivity contribution in [3.63, 3.8) is 0 Å². The summed E-state index contributed by atoms with van der Waals surface area (Å²) >= 11 is 0. The number of anilines is 1. The summed E-state index contributed by atoms with van der Waals surface area (Å²) in [7, 11) is 0. The molecule has 1 unspecified atom stereocenters. The van der Waals surface area contributed by atoms with Crippen LogP contribution in [0.15, 0.2) is 48.7 Å². The summed E-state index contributed by atoms with van der Waals surface area (Å²) in [5.74, 6) is 0.414. The van der Waals surface area contributed by atoms with Crippen LogP contribution in [-0.2, 0) is 0 Å². The fraction of sp³-hybridized carbons (Fsp3) is 0.368. The van der Waals surface area contributed by atoms with E-state index in [1.807, 2.05) is 44.2 Å². The van der Waals surface area contributed by atoms with Crippen molar-refractivity contribution < 1.29 is 9.90 Å². The predicted octanol–water partition coefficient (Wildman–Crippen LogP) is 3.15. The van der Waals surface area contributed by atoms with Crippen LogP contribution in [0.1, 0.15) is 48.7 Å². The molecule has 0 saturated carbocycles. The van der Waals surface area contributed by atoms with Gasteiger partial charge in [-0.25, -0.2) is 4.98 Å². The number of aromatic nitrogens is 1. The average molecular weight is 327 g/mol. The molecule has 0 aliphatic rings. The lowest BCUT2D eigenvalue weighted by molar-refractivity contribution is 0.0933. The summed E-state index contributed by atoms with van der Waals surface area (Å²) < 4.78 is 0. The number of amides is 1. The molecule has 2 rings (SSSR count). The van der Waals surface area contributed by atoms with Crippen molar-refractivity contribution in [3.05, 3.63) is 59.8 Å². The maximum atomic E-state index is 12.7. The molecular weight excluding hydrogens is 302 g/mol. The van der Waals surface area contributed by atoms with E-state index < -0.39 is 0 Å². The molecular formula is C19H25N3O2. The number of rotatable bonds is 8. The predicted molar refractivity (Wildman–Crippen MR) is 96.0 cm³/mol. The van der Waals surface area contributed by atoms with E-state index in [0.717, 1.165) is 5.56 Å². The van der Waals surface area contributed by atoms with E-state index in [9.17, 15) is 4.79 Å². The van der Waals surface area contributed by atoms with Crippen molar-refractivity contribution in [2.24, 2.45) is 0 Å². The zero-order valence-electron chi connectivity index (χ0n) is 14.2. The molecule has 2 aromatic rings. The molecule has 5 nitrogen and oxygen atoms in total. The monoisotopic (exact) mass is 327 g/mol. The van der Waals surface area contributed by atoms with Crippen LogP contribution in [0.3, 0.4) is 0 Å². The Morgan fingerprint density at radius 2 is 1.92 bits per heavy atom. The van der Waals surface area contributed by atoms with Gasteiger partial charge in [-0.05, 0) is 44.4 Å². The second kappa shape index (κ2) is 9.03. The maximum absolute atomic E-state index is 12.7. The van der Waals surface area contributed by atoms with Crippen molar-refractivity contribution in [1.29, 1.82) is 0 Å². The van der Waals surface area contributed by atoms with Crippen molar-refractivity contribution in [3.8, 4) is 0 Å². The lowest BCUT2D eigenvalue weighted by atomic mass is 10.0. The Morgan fingerprint density at radius 1 is 1.17 bits per heavy atom. The molecule has 0 fully saturated rings. The number of nitrogens with one attached hydrogen (secondary N) is 2. The van der Waals surface area contributed by atoms with Gasteiger partial charge in [0, 0.05) is 18.8 Å². The Morgan fingerprint density at radius 3 is 2.58 bits per heavy atom. The van der Waals surface area contributed by atoms with E-state index in [1.165, 1.54) is 0 Å². The minimum absolute atomic E-state index is 0.103. The number of benzene rings is 1. The summed E-state index contributed by atoms with van der Waals surface area (Å²) in [6, 6.07) is 13.4. The third-order valence-corrected chi connectivity index (χ3v) is 3.64. The first-order chi connectivity index (χ1) is 11.6. The Bertz CT molecular complexity index is 644. The Labute approximate surface area is 143 Å². The fourth-order valence-electron chi connectivity index (χ4n) is 2.52. The van der Waals surface area contributed by atoms with Crippen LogP contribution in [0.5, 0.6) is 0 Å². The standard InChI is InChI=1S/C19H25N3O2/c1-14(2)21-18-16(10-6-12-20-18)19(24)22-17(11-7-13-23)15-8-4-3-5-9-15/h3-6,8-10,12,14,17,23H,7,11,13H2,1-2H3,(H,20,21)(H,22,24). The highest BCUT2D eigenvalue weighted by Gasteiger charge is 2.18. The first kappa shape index (κ1) is 17.9. The van der Waals surface area contributed by atoms with Gasteiger partial charge in [0.1, 0.15) is 5.82 Å². The summed E-state index contributed by atoms with van der Waals surface area (Å²) in [4.78, 5) is 17.0. The molecule has 1 amide bonds. The molecule has 1 heterocycles. The summed E-state index contributed by atoms with van der Waals surface area (Å²) in [6.07, 6.45) is 2.98. The van der Waals surface area contributed by atoms with Crippen LogP contribution in [0.4, 0.5) is 5.82 Å². The Hall–Kier alpha value is -2.40. The van der Waals surface area contributed by atoms with Gasteiger partial charge in [-0.2, -0.15) is 0 Å². The van der Waals surface area contributed by atoms with Crippen LogP contribution in [0.25, 0.3) is 0 Å². The number of aliphatic hydroxyl groups is 1. The van der Waals surface area contributed by atoms with Crippen LogP contribution in [-0.4, -0.2) is 28.6 Å². The quantitative estimate of drug-likeness (QED) is 0.696. The van der Waals surface area contributed by atoms with Crippen LogP contribution in [0, 0.1) is 0 Å². The number of carbonyl (C=O) groups is 1. The van der Waals surface area contributed by atoms with E-state index in [-0.39, 0.29) is 24.6 Å². The van der Waals surface area contributed by atoms with Gasteiger partial charge in [0.25, 0.3) is 5.91 Å². The SMILES string of the molecule is CC(C)Nc1ncccc1C(=O)NC(CCCO)c1ccccc1. The molecule has 0 aliphatic heterocycles. The van der Waals surface area contributed by atoms with Gasteiger partial charge in [0.15, 0.2) is 0 Å². The highest BCUT2D eigenvalue weighted by molar-refractivity contribution is 5.98. The lowest BCUT2D eigenvalue weighted by Crippen LogP contribution is -2.30. The number of hydrogen-bond donors (Lipinski definition) is 3. The summed E-state index contributed by atoms with van der Waals surface area (Å²) in [5.41, 5.74) is 1.55. The van der Waals surface area contributed by atoms with E-state index in [0.29, 0.717) is 24.2 Å². The number of pyridine rings is 1. The minimum Gasteiger partial charge on any atom is -0.396 e. The molecule has 5 heteroatoms. The van der Waals surface area contributed by atoms with Crippen molar-refractivity contribution >= 4 is 11.7 Å². The normalized spacial score (nSPS) is 12.0. The molecule has 0 aliphatic carbocycles. The highest BCUT2D eigenvalue weighted by atomic mass is 16.3. The van der Waals surface area contributed by atoms with E-state index in [4.69, 9.17) is 5.11 Å². The van der Waals surface area contributed by atoms with Gasteiger partial charge >= 0.3 is 0 Å². The third-order valence-electron chi connectivity index (χ3n) is 3.64. The molecule has 24 heavy (non-hydrogen) atoms. The van der Waals surface area contributed by atoms with Crippen molar-refractivity contribution in [1.82, 2.24) is 10.3 Å². The molecule has 1 aromatic heterocycles. The van der Waals surface area contributed by atoms with Gasteiger partial charge in [-0.3, -0.25) is 4.79 Å². The molecule has 1 aromatic carbocycles. The maximum Gasteiger partial charge on any atom is 0.255 e. The van der Waals surface area contributed by atoms with Gasteiger partial charge in [0.05, 0.1) is 11.6 Å². The molecule has 1 atom stereocenters. The molecule has 0 bridgehead atoms. The first-order valence-electron chi connectivity index (χ1n) is 8.30. The summed E-state index contributed by atoms with van der Waals surface area (Å²) in [6.45, 7) is 4.11. The number of aliphatic hydroxyl groups excluding tert-OH is 1. The molecule has 0 spiro atoms. The van der Waals surface area contributed by atoms with Crippen LogP contribution < -0.4 is 10.6 Å². The van der Waals surface area contributed by atoms with Crippen molar-refractivity contribution in [2.75, 3.05) is 11.9 Å². The molecule has 0 radical (unpaired) electrons. The average Bonchev–Trinajstić information content (AvgIpc) is 2.59. The second-order valence-electron chi connectivity index (χ2n) is 6.00. The van der Waals surface area contributed by atoms with Crippen molar-refractivity contribution in [2.45, 2.75) is 38.8 Å². The number of carbonyl (C=O) groups excluding carboxylic acids is 1. The molecule has 128 valence electrons. The van der Waals surface area contributed by atoms with E-state index in [1.54, 1.807) is 18.3 Å². The minimum atomic E-state index is -0.168. The first-order valence-corrected chi connectivity index (χ1v) is 8.30. The lowest BCUT2D eigenvalue weighted by Gasteiger charge is -2.20. The number of hydrogen-bond acceptors (Lipinski definition) is 4. The van der Waals surface area contributed by atoms with E-state index in [2.05, 4.69) is 15.6 Å². The molecule has 0 saturated heterocycles. The topological polar surface area (TPSA) is 74.2 Å². The van der Waals surface area contributed by atoms with Crippen LogP contribution in [0.2, 0.25) is 0 Å². The zero-order valence-corrected chi connectivity index (χ0v) is 14.2. The van der Waals surface area contributed by atoms with E-state index >= 15 is 0 Å². The smallest absolute Gasteiger partial charge is 0.255 e.